The Morgan fingerprint density at radius 3 is 2.74 bits per heavy atom. The van der Waals surface area contributed by atoms with Crippen LogP contribution < -0.4 is 21.6 Å². The van der Waals surface area contributed by atoms with Crippen LogP contribution in [0.2, 0.25) is 0 Å². The van der Waals surface area contributed by atoms with E-state index in [1.54, 1.807) is 0 Å². The fourth-order valence-corrected chi connectivity index (χ4v) is 4.15. The highest BCUT2D eigenvalue weighted by Gasteiger charge is 2.12. The van der Waals surface area contributed by atoms with Crippen LogP contribution in [0.3, 0.4) is 0 Å². The normalized spacial score (nSPS) is 13.6. The molecule has 0 saturated carbocycles. The van der Waals surface area contributed by atoms with E-state index in [1.807, 2.05) is 41.5 Å². The lowest BCUT2D eigenvalue weighted by atomic mass is 9.95. The summed E-state index contributed by atoms with van der Waals surface area (Å²) >= 11 is 0. The van der Waals surface area contributed by atoms with Crippen LogP contribution >= 0.6 is 0 Å². The first kappa shape index (κ1) is 25.3. The SMILES string of the molecule is C=C(Nc1c[nH]c(=C)/c1=C(CCC(N)CCCC)\C(C)=C/C)c1cnn(Cc2ccccc2)c1. The smallest absolute Gasteiger partial charge is 0.0659 e. The van der Waals surface area contributed by atoms with Crippen LogP contribution in [0.1, 0.15) is 64.0 Å². The fourth-order valence-electron chi connectivity index (χ4n) is 4.15. The molecule has 4 N–H and O–H groups in total. The van der Waals surface area contributed by atoms with Gasteiger partial charge < -0.3 is 16.0 Å². The topological polar surface area (TPSA) is 71.7 Å². The van der Waals surface area contributed by atoms with Gasteiger partial charge in [-0.2, -0.15) is 5.10 Å². The van der Waals surface area contributed by atoms with Gasteiger partial charge in [0.1, 0.15) is 0 Å². The Bertz CT molecular complexity index is 1210. The van der Waals surface area contributed by atoms with Crippen LogP contribution in [0.15, 0.2) is 67.2 Å². The minimum Gasteiger partial charge on any atom is -0.360 e. The maximum atomic E-state index is 6.40. The van der Waals surface area contributed by atoms with E-state index in [4.69, 9.17) is 5.73 Å². The zero-order valence-corrected chi connectivity index (χ0v) is 20.9. The molecule has 5 nitrogen and oxygen atoms in total. The maximum Gasteiger partial charge on any atom is 0.0659 e. The predicted octanol–water partition coefficient (Wildman–Crippen LogP) is 5.17. The number of nitrogens with one attached hydrogen (secondary N) is 2. The summed E-state index contributed by atoms with van der Waals surface area (Å²) in [4.78, 5) is 3.30. The highest BCUT2D eigenvalue weighted by molar-refractivity contribution is 5.77. The molecule has 180 valence electrons. The van der Waals surface area contributed by atoms with Crippen molar-refractivity contribution in [2.45, 2.75) is 65.5 Å². The fraction of sp³-hybridized carbons (Fsp3) is 0.345. The average molecular weight is 458 g/mol. The molecule has 5 heteroatoms. The van der Waals surface area contributed by atoms with E-state index >= 15 is 0 Å². The average Bonchev–Trinajstić information content (AvgIpc) is 3.45. The summed E-state index contributed by atoms with van der Waals surface area (Å²) in [5.74, 6) is 0. The predicted molar refractivity (Wildman–Crippen MR) is 146 cm³/mol. The van der Waals surface area contributed by atoms with Gasteiger partial charge in [-0.15, -0.1) is 0 Å². The van der Waals surface area contributed by atoms with Gasteiger partial charge in [-0.25, -0.2) is 0 Å². The number of rotatable bonds is 12. The number of allylic oxidation sites excluding steroid dienone is 2. The zero-order valence-electron chi connectivity index (χ0n) is 20.9. The number of unbranched alkanes of at least 4 members (excludes halogenated alkanes) is 1. The molecular formula is C29H39N5. The molecule has 1 unspecified atom stereocenters. The number of hydrogen-bond acceptors (Lipinski definition) is 3. The zero-order chi connectivity index (χ0) is 24.5. The summed E-state index contributed by atoms with van der Waals surface area (Å²) in [6.45, 7) is 15.7. The van der Waals surface area contributed by atoms with Crippen molar-refractivity contribution in [3.05, 3.63) is 88.8 Å². The number of nitrogens with zero attached hydrogens (tertiary/aromatic N) is 2. The van der Waals surface area contributed by atoms with Crippen molar-refractivity contribution in [1.82, 2.24) is 14.8 Å². The largest absolute Gasteiger partial charge is 0.360 e. The Hall–Kier alpha value is -3.31. The Kier molecular flexibility index (Phi) is 9.11. The van der Waals surface area contributed by atoms with Gasteiger partial charge in [0.15, 0.2) is 0 Å². The third-order valence-electron chi connectivity index (χ3n) is 6.32. The molecule has 0 radical (unpaired) electrons. The van der Waals surface area contributed by atoms with E-state index < -0.39 is 0 Å². The van der Waals surface area contributed by atoms with Crippen LogP contribution in [0, 0.1) is 0 Å². The molecule has 2 aromatic heterocycles. The molecule has 3 rings (SSSR count). The second-order valence-corrected chi connectivity index (χ2v) is 8.96. The summed E-state index contributed by atoms with van der Waals surface area (Å²) in [7, 11) is 0. The summed E-state index contributed by atoms with van der Waals surface area (Å²) in [5, 5.41) is 10.0. The molecule has 0 aliphatic heterocycles. The second kappa shape index (κ2) is 12.2. The van der Waals surface area contributed by atoms with Gasteiger partial charge in [0.25, 0.3) is 0 Å². The number of benzene rings is 1. The molecule has 0 bridgehead atoms. The van der Waals surface area contributed by atoms with E-state index in [0.717, 1.165) is 53.3 Å². The van der Waals surface area contributed by atoms with Gasteiger partial charge in [0, 0.05) is 40.3 Å². The number of aromatic amines is 1. The van der Waals surface area contributed by atoms with Crippen molar-refractivity contribution >= 4 is 23.5 Å². The molecule has 0 aliphatic carbocycles. The van der Waals surface area contributed by atoms with Crippen LogP contribution in [0.25, 0.3) is 17.8 Å². The highest BCUT2D eigenvalue weighted by atomic mass is 15.3. The molecule has 1 atom stereocenters. The van der Waals surface area contributed by atoms with Gasteiger partial charge in [-0.1, -0.05) is 74.9 Å². The molecule has 34 heavy (non-hydrogen) atoms. The first-order chi connectivity index (χ1) is 16.4. The van der Waals surface area contributed by atoms with Crippen LogP contribution in [-0.2, 0) is 6.54 Å². The van der Waals surface area contributed by atoms with Crippen molar-refractivity contribution in [3.8, 4) is 0 Å². The molecule has 0 spiro atoms. The number of hydrogen-bond donors (Lipinski definition) is 3. The van der Waals surface area contributed by atoms with Gasteiger partial charge >= 0.3 is 0 Å². The van der Waals surface area contributed by atoms with Gasteiger partial charge in [-0.05, 0) is 44.2 Å². The molecule has 2 heterocycles. The minimum atomic E-state index is 0.216. The lowest BCUT2D eigenvalue weighted by Crippen LogP contribution is -2.28. The van der Waals surface area contributed by atoms with Crippen molar-refractivity contribution < 1.29 is 0 Å². The molecular weight excluding hydrogens is 418 g/mol. The first-order valence-electron chi connectivity index (χ1n) is 12.2. The Morgan fingerprint density at radius 1 is 1.26 bits per heavy atom. The Balaban J connectivity index is 1.82. The third kappa shape index (κ3) is 6.61. The number of nitrogens with two attached hydrogens (primary N) is 1. The molecule has 0 saturated heterocycles. The quantitative estimate of drug-likeness (QED) is 0.351. The summed E-state index contributed by atoms with van der Waals surface area (Å²) in [6, 6.07) is 10.5. The van der Waals surface area contributed by atoms with E-state index in [2.05, 4.69) is 67.5 Å². The van der Waals surface area contributed by atoms with Crippen LogP contribution in [0.4, 0.5) is 5.69 Å². The minimum absolute atomic E-state index is 0.216. The standard InChI is InChI=1S/C29H39N5/c1-6-8-14-26(30)15-16-27(21(3)7-2)29-23(5)31-18-28(29)33-22(4)25-17-32-34(20-25)19-24-12-10-9-11-13-24/h7,9-13,17-18,20,26,31,33H,4-6,8,14-16,19,30H2,1-3H3/b21-7-,29-27+. The van der Waals surface area contributed by atoms with Crippen molar-refractivity contribution in [3.63, 3.8) is 0 Å². The van der Waals surface area contributed by atoms with Gasteiger partial charge in [0.2, 0.25) is 0 Å². The molecule has 0 fully saturated rings. The Morgan fingerprint density at radius 2 is 2.03 bits per heavy atom. The molecule has 0 amide bonds. The van der Waals surface area contributed by atoms with Crippen molar-refractivity contribution in [1.29, 1.82) is 0 Å². The third-order valence-corrected chi connectivity index (χ3v) is 6.32. The maximum absolute atomic E-state index is 6.40. The molecule has 1 aromatic carbocycles. The van der Waals surface area contributed by atoms with Crippen molar-refractivity contribution in [2.24, 2.45) is 5.73 Å². The monoisotopic (exact) mass is 457 g/mol. The van der Waals surface area contributed by atoms with E-state index in [0.29, 0.717) is 0 Å². The van der Waals surface area contributed by atoms with E-state index in [9.17, 15) is 0 Å². The van der Waals surface area contributed by atoms with Crippen LogP contribution in [-0.4, -0.2) is 20.8 Å². The lowest BCUT2D eigenvalue weighted by molar-refractivity contribution is 0.547. The van der Waals surface area contributed by atoms with Crippen molar-refractivity contribution in [2.75, 3.05) is 5.32 Å². The highest BCUT2D eigenvalue weighted by Crippen LogP contribution is 2.20. The molecule has 0 aliphatic rings. The van der Waals surface area contributed by atoms with Crippen LogP contribution in [0.5, 0.6) is 0 Å². The van der Waals surface area contributed by atoms with Gasteiger partial charge in [0.05, 0.1) is 18.4 Å². The van der Waals surface area contributed by atoms with E-state index in [-0.39, 0.29) is 6.04 Å². The Labute approximate surface area is 203 Å². The number of aromatic nitrogens is 3. The summed E-state index contributed by atoms with van der Waals surface area (Å²) < 4.78 is 1.93. The summed E-state index contributed by atoms with van der Waals surface area (Å²) in [6.07, 6.45) is 13.3. The summed E-state index contributed by atoms with van der Waals surface area (Å²) in [5.41, 5.74) is 12.9. The van der Waals surface area contributed by atoms with E-state index in [1.165, 1.54) is 29.6 Å². The first-order valence-corrected chi connectivity index (χ1v) is 12.2. The lowest BCUT2D eigenvalue weighted by Gasteiger charge is -2.15. The van der Waals surface area contributed by atoms with Gasteiger partial charge in [-0.3, -0.25) is 4.68 Å². The second-order valence-electron chi connectivity index (χ2n) is 8.96. The number of H-pyrrole nitrogens is 1. The number of anilines is 1. The molecule has 3 aromatic rings.